The second-order valence-corrected chi connectivity index (χ2v) is 5.51. The molecule has 1 N–H and O–H groups in total. The van der Waals surface area contributed by atoms with Crippen LogP contribution in [0, 0.1) is 6.92 Å². The lowest BCUT2D eigenvalue weighted by Gasteiger charge is -2.33. The molecular weight excluding hydrogens is 296 g/mol. The van der Waals surface area contributed by atoms with Crippen molar-refractivity contribution in [1.82, 2.24) is 15.1 Å². The summed E-state index contributed by atoms with van der Waals surface area (Å²) in [5.41, 5.74) is 1.75. The van der Waals surface area contributed by atoms with Crippen molar-refractivity contribution in [2.45, 2.75) is 13.3 Å². The fourth-order valence-electron chi connectivity index (χ4n) is 2.45. The van der Waals surface area contributed by atoms with Crippen molar-refractivity contribution in [3.05, 3.63) is 41.7 Å². The van der Waals surface area contributed by atoms with Crippen LogP contribution >= 0.6 is 0 Å². The molecule has 0 aliphatic carbocycles. The number of aliphatic imine (C=N–C) groups is 1. The van der Waals surface area contributed by atoms with Gasteiger partial charge in [-0.15, -0.1) is 0 Å². The molecule has 0 saturated carbocycles. The predicted octanol–water partition coefficient (Wildman–Crippen LogP) is 1.46. The third kappa shape index (κ3) is 3.18. The van der Waals surface area contributed by atoms with Gasteiger partial charge in [0.1, 0.15) is 5.75 Å². The first-order valence-electron chi connectivity index (χ1n) is 7.37. The second kappa shape index (κ2) is 6.12. The van der Waals surface area contributed by atoms with E-state index < -0.39 is 6.03 Å². The predicted molar refractivity (Wildman–Crippen MR) is 84.8 cm³/mol. The van der Waals surface area contributed by atoms with E-state index in [1.165, 1.54) is 4.90 Å². The number of urea groups is 1. The molecule has 2 aliphatic heterocycles. The third-order valence-corrected chi connectivity index (χ3v) is 3.75. The van der Waals surface area contributed by atoms with Crippen molar-refractivity contribution >= 4 is 18.0 Å². The van der Waals surface area contributed by atoms with Gasteiger partial charge in [-0.1, -0.05) is 18.2 Å². The van der Waals surface area contributed by atoms with Gasteiger partial charge in [-0.2, -0.15) is 0 Å². The first-order valence-corrected chi connectivity index (χ1v) is 7.37. The molecule has 0 atom stereocenters. The van der Waals surface area contributed by atoms with Gasteiger partial charge < -0.3 is 9.64 Å². The van der Waals surface area contributed by atoms with Gasteiger partial charge in [0.15, 0.2) is 0 Å². The number of nitrogens with zero attached hydrogens (tertiary/aromatic N) is 3. The highest BCUT2D eigenvalue weighted by Gasteiger charge is 2.28. The fraction of sp³-hybridized carbons (Fsp3) is 0.312. The molecule has 120 valence electrons. The number of likely N-dealkylation sites (N-methyl/N-ethyl adjacent to an activating group) is 1. The Morgan fingerprint density at radius 3 is 2.74 bits per heavy atom. The van der Waals surface area contributed by atoms with Crippen LogP contribution in [0.15, 0.2) is 41.2 Å². The summed E-state index contributed by atoms with van der Waals surface area (Å²) in [6.45, 7) is 2.81. The summed E-state index contributed by atoms with van der Waals surface area (Å²) in [4.78, 5) is 30.8. The Labute approximate surface area is 134 Å². The van der Waals surface area contributed by atoms with Crippen LogP contribution in [-0.4, -0.2) is 47.9 Å². The van der Waals surface area contributed by atoms with Crippen LogP contribution in [0.2, 0.25) is 0 Å². The highest BCUT2D eigenvalue weighted by atomic mass is 16.5. The van der Waals surface area contributed by atoms with Gasteiger partial charge in [0.25, 0.3) is 6.02 Å². The van der Waals surface area contributed by atoms with E-state index in [1.54, 1.807) is 6.20 Å². The average molecular weight is 314 g/mol. The standard InChI is InChI=1S/C16H18N4O3/c1-11-5-3-4-6-13(11)23-16-17-9-12(10-19(16)2)20-8-7-14(21)18-15(20)22/h3-6,9H,7-8,10H2,1-2H3,(H,18,21,22). The van der Waals surface area contributed by atoms with Crippen molar-refractivity contribution in [3.8, 4) is 5.75 Å². The molecule has 0 aromatic heterocycles. The van der Waals surface area contributed by atoms with Crippen LogP contribution in [0.3, 0.4) is 0 Å². The van der Waals surface area contributed by atoms with Crippen LogP contribution in [0.5, 0.6) is 5.75 Å². The highest BCUT2D eigenvalue weighted by molar-refractivity contribution is 5.97. The number of amidine groups is 1. The number of rotatable bonds is 2. The molecule has 2 aliphatic rings. The van der Waals surface area contributed by atoms with E-state index in [4.69, 9.17) is 4.74 Å². The number of ether oxygens (including phenoxy) is 1. The van der Waals surface area contributed by atoms with E-state index in [2.05, 4.69) is 10.3 Å². The van der Waals surface area contributed by atoms with Crippen LogP contribution in [0.1, 0.15) is 12.0 Å². The van der Waals surface area contributed by atoms with E-state index in [1.807, 2.05) is 43.1 Å². The minimum atomic E-state index is -0.403. The maximum absolute atomic E-state index is 11.9. The van der Waals surface area contributed by atoms with E-state index in [0.717, 1.165) is 17.0 Å². The van der Waals surface area contributed by atoms with Gasteiger partial charge in [0.2, 0.25) is 5.91 Å². The number of benzene rings is 1. The second-order valence-electron chi connectivity index (χ2n) is 5.51. The van der Waals surface area contributed by atoms with Gasteiger partial charge in [-0.05, 0) is 18.6 Å². The largest absolute Gasteiger partial charge is 0.425 e. The molecule has 3 rings (SSSR count). The molecule has 0 spiro atoms. The zero-order valence-corrected chi connectivity index (χ0v) is 13.1. The molecule has 0 bridgehead atoms. The Bertz CT molecular complexity index is 711. The van der Waals surface area contributed by atoms with E-state index in [9.17, 15) is 9.59 Å². The highest BCUT2D eigenvalue weighted by Crippen LogP contribution is 2.20. The number of aryl methyl sites for hydroxylation is 1. The van der Waals surface area contributed by atoms with Crippen LogP contribution < -0.4 is 10.1 Å². The number of amides is 3. The molecule has 0 unspecified atom stereocenters. The van der Waals surface area contributed by atoms with E-state index in [-0.39, 0.29) is 5.91 Å². The number of imide groups is 1. The number of hydrogen-bond donors (Lipinski definition) is 1. The molecule has 0 radical (unpaired) electrons. The van der Waals surface area contributed by atoms with Gasteiger partial charge in [0.05, 0.1) is 18.4 Å². The lowest BCUT2D eigenvalue weighted by Crippen LogP contribution is -2.51. The Kier molecular flexibility index (Phi) is 4.01. The molecule has 1 fully saturated rings. The van der Waals surface area contributed by atoms with Crippen molar-refractivity contribution in [1.29, 1.82) is 0 Å². The smallest absolute Gasteiger partial charge is 0.328 e. The summed E-state index contributed by atoms with van der Waals surface area (Å²) < 4.78 is 5.84. The lowest BCUT2D eigenvalue weighted by atomic mass is 10.2. The summed E-state index contributed by atoms with van der Waals surface area (Å²) in [5.74, 6) is 0.499. The zero-order chi connectivity index (χ0) is 16.4. The normalized spacial score (nSPS) is 18.3. The maximum Gasteiger partial charge on any atom is 0.328 e. The van der Waals surface area contributed by atoms with Gasteiger partial charge >= 0.3 is 6.03 Å². The van der Waals surface area contributed by atoms with Crippen LogP contribution in [0.25, 0.3) is 0 Å². The fourth-order valence-corrected chi connectivity index (χ4v) is 2.45. The molecular formula is C16H18N4O3. The molecule has 7 nitrogen and oxygen atoms in total. The van der Waals surface area contributed by atoms with Gasteiger partial charge in [-0.3, -0.25) is 15.0 Å². The number of para-hydroxylation sites is 1. The lowest BCUT2D eigenvalue weighted by molar-refractivity contribution is -0.121. The van der Waals surface area contributed by atoms with E-state index >= 15 is 0 Å². The molecule has 1 aromatic carbocycles. The number of nitrogens with one attached hydrogen (secondary N) is 1. The first-order chi connectivity index (χ1) is 11.0. The SMILES string of the molecule is Cc1ccccc1OC1=NC=C(N2CCC(=O)NC2=O)CN1C. The molecule has 1 aromatic rings. The Hall–Kier alpha value is -2.83. The third-order valence-electron chi connectivity index (χ3n) is 3.75. The number of hydrogen-bond acceptors (Lipinski definition) is 5. The van der Waals surface area contributed by atoms with Gasteiger partial charge in [0, 0.05) is 20.0 Å². The molecule has 7 heteroatoms. The van der Waals surface area contributed by atoms with Crippen molar-refractivity contribution in [2.75, 3.05) is 20.1 Å². The minimum absolute atomic E-state index is 0.247. The Balaban J connectivity index is 1.76. The minimum Gasteiger partial charge on any atom is -0.425 e. The quantitative estimate of drug-likeness (QED) is 0.897. The molecule has 3 amide bonds. The summed E-state index contributed by atoms with van der Waals surface area (Å²) in [5, 5.41) is 2.31. The van der Waals surface area contributed by atoms with Gasteiger partial charge in [-0.25, -0.2) is 9.79 Å². The summed E-state index contributed by atoms with van der Waals surface area (Å²) in [6, 6.07) is 7.77. The van der Waals surface area contributed by atoms with Crippen molar-refractivity contribution in [3.63, 3.8) is 0 Å². The average Bonchev–Trinajstić information content (AvgIpc) is 2.51. The Morgan fingerprint density at radius 2 is 2.04 bits per heavy atom. The summed E-state index contributed by atoms with van der Waals surface area (Å²) in [6.07, 6.45) is 1.91. The van der Waals surface area contributed by atoms with E-state index in [0.29, 0.717) is 25.5 Å². The Morgan fingerprint density at radius 1 is 1.26 bits per heavy atom. The monoisotopic (exact) mass is 314 g/mol. The first kappa shape index (κ1) is 15.1. The number of carbonyl (C=O) groups is 2. The van der Waals surface area contributed by atoms with Crippen LogP contribution in [0.4, 0.5) is 4.79 Å². The summed E-state index contributed by atoms with van der Waals surface area (Å²) >= 11 is 0. The molecule has 2 heterocycles. The zero-order valence-electron chi connectivity index (χ0n) is 13.1. The summed E-state index contributed by atoms with van der Waals surface area (Å²) in [7, 11) is 1.84. The molecule has 1 saturated heterocycles. The van der Waals surface area contributed by atoms with Crippen molar-refractivity contribution < 1.29 is 14.3 Å². The molecule has 23 heavy (non-hydrogen) atoms. The maximum atomic E-state index is 11.9. The van der Waals surface area contributed by atoms with Crippen LogP contribution in [-0.2, 0) is 4.79 Å². The van der Waals surface area contributed by atoms with Crippen molar-refractivity contribution in [2.24, 2.45) is 4.99 Å². The number of carbonyl (C=O) groups excluding carboxylic acids is 2. The topological polar surface area (TPSA) is 74.2 Å².